The van der Waals surface area contributed by atoms with E-state index >= 15 is 0 Å². The van der Waals surface area contributed by atoms with Gasteiger partial charge in [0.25, 0.3) is 0 Å². The van der Waals surface area contributed by atoms with E-state index < -0.39 is 0 Å². The van der Waals surface area contributed by atoms with Gasteiger partial charge in [0.05, 0.1) is 6.10 Å². The lowest BCUT2D eigenvalue weighted by molar-refractivity contribution is 0.209. The normalized spacial score (nSPS) is 17.4. The summed E-state index contributed by atoms with van der Waals surface area (Å²) < 4.78 is 6.03. The number of hydrogen-bond acceptors (Lipinski definition) is 1. The molecule has 0 atom stereocenters. The first kappa shape index (κ1) is 12.5. The van der Waals surface area contributed by atoms with E-state index in [0.717, 1.165) is 12.2 Å². The molecule has 2 rings (SSSR count). The molecule has 0 unspecified atom stereocenters. The summed E-state index contributed by atoms with van der Waals surface area (Å²) in [6.07, 6.45) is 6.67. The fourth-order valence-electron chi connectivity index (χ4n) is 2.54. The smallest absolute Gasteiger partial charge is 0.119 e. The Morgan fingerprint density at radius 1 is 1.18 bits per heavy atom. The molecule has 0 saturated heterocycles. The van der Waals surface area contributed by atoms with Crippen LogP contribution in [0.15, 0.2) is 24.3 Å². The summed E-state index contributed by atoms with van der Waals surface area (Å²) in [6.45, 7) is 6.83. The van der Waals surface area contributed by atoms with E-state index in [2.05, 4.69) is 45.0 Å². The number of hydrogen-bond donors (Lipinski definition) is 0. The molecule has 17 heavy (non-hydrogen) atoms. The van der Waals surface area contributed by atoms with Gasteiger partial charge in [-0.2, -0.15) is 0 Å². The first-order valence-electron chi connectivity index (χ1n) is 6.78. The summed E-state index contributed by atoms with van der Waals surface area (Å²) >= 11 is 0. The van der Waals surface area contributed by atoms with Crippen LogP contribution in [0.5, 0.6) is 5.75 Å². The van der Waals surface area contributed by atoms with Crippen LogP contribution in [-0.2, 0) is 6.42 Å². The van der Waals surface area contributed by atoms with Crippen molar-refractivity contribution in [1.82, 2.24) is 0 Å². The van der Waals surface area contributed by atoms with Crippen LogP contribution in [0.4, 0.5) is 0 Å². The molecule has 0 aliphatic heterocycles. The number of ether oxygens (including phenoxy) is 1. The third kappa shape index (κ3) is 4.07. The molecule has 0 N–H and O–H groups in total. The average Bonchev–Trinajstić information content (AvgIpc) is 2.68. The third-order valence-electron chi connectivity index (χ3n) is 3.24. The van der Waals surface area contributed by atoms with Crippen molar-refractivity contribution in [2.45, 2.75) is 59.0 Å². The minimum Gasteiger partial charge on any atom is -0.490 e. The van der Waals surface area contributed by atoms with Gasteiger partial charge in [-0.1, -0.05) is 32.9 Å². The first-order valence-corrected chi connectivity index (χ1v) is 6.78. The summed E-state index contributed by atoms with van der Waals surface area (Å²) in [7, 11) is 0. The van der Waals surface area contributed by atoms with E-state index in [-0.39, 0.29) is 0 Å². The van der Waals surface area contributed by atoms with Gasteiger partial charge in [0.15, 0.2) is 0 Å². The molecule has 0 heterocycles. The Labute approximate surface area is 105 Å². The quantitative estimate of drug-likeness (QED) is 0.740. The van der Waals surface area contributed by atoms with Gasteiger partial charge in [-0.3, -0.25) is 0 Å². The van der Waals surface area contributed by atoms with Crippen molar-refractivity contribution in [2.24, 2.45) is 5.41 Å². The summed E-state index contributed by atoms with van der Waals surface area (Å²) in [5.41, 5.74) is 1.72. The van der Waals surface area contributed by atoms with Gasteiger partial charge in [0.2, 0.25) is 0 Å². The third-order valence-corrected chi connectivity index (χ3v) is 3.24. The molecule has 0 bridgehead atoms. The van der Waals surface area contributed by atoms with Crippen molar-refractivity contribution in [1.29, 1.82) is 0 Å². The van der Waals surface area contributed by atoms with Gasteiger partial charge in [0, 0.05) is 0 Å². The Morgan fingerprint density at radius 2 is 1.88 bits per heavy atom. The Balaban J connectivity index is 2.00. The van der Waals surface area contributed by atoms with Gasteiger partial charge in [-0.05, 0) is 55.2 Å². The molecule has 1 heteroatoms. The molecule has 1 aromatic carbocycles. The molecule has 1 saturated carbocycles. The van der Waals surface area contributed by atoms with Crippen molar-refractivity contribution < 1.29 is 4.74 Å². The molecule has 1 nitrogen and oxygen atoms in total. The van der Waals surface area contributed by atoms with Crippen molar-refractivity contribution in [2.75, 3.05) is 0 Å². The maximum atomic E-state index is 6.03. The molecular formula is C16H24O. The van der Waals surface area contributed by atoms with Crippen LogP contribution in [0.3, 0.4) is 0 Å². The molecule has 1 aliphatic rings. The van der Waals surface area contributed by atoms with Crippen molar-refractivity contribution in [3.8, 4) is 5.75 Å². The summed E-state index contributed by atoms with van der Waals surface area (Å²) in [4.78, 5) is 0. The van der Waals surface area contributed by atoms with E-state index in [0.29, 0.717) is 11.5 Å². The van der Waals surface area contributed by atoms with Gasteiger partial charge >= 0.3 is 0 Å². The van der Waals surface area contributed by atoms with Crippen molar-refractivity contribution >= 4 is 0 Å². The largest absolute Gasteiger partial charge is 0.490 e. The van der Waals surface area contributed by atoms with Gasteiger partial charge in [-0.15, -0.1) is 0 Å². The van der Waals surface area contributed by atoms with Crippen LogP contribution in [-0.4, -0.2) is 6.10 Å². The second-order valence-electron chi connectivity index (χ2n) is 6.41. The lowest BCUT2D eigenvalue weighted by Crippen LogP contribution is -2.12. The van der Waals surface area contributed by atoms with Crippen LogP contribution in [0.25, 0.3) is 0 Å². The highest BCUT2D eigenvalue weighted by atomic mass is 16.5. The predicted molar refractivity (Wildman–Crippen MR) is 72.5 cm³/mol. The lowest BCUT2D eigenvalue weighted by atomic mass is 9.88. The Bertz CT molecular complexity index is 356. The highest BCUT2D eigenvalue weighted by Gasteiger charge is 2.17. The summed E-state index contributed by atoms with van der Waals surface area (Å²) in [5.74, 6) is 1.05. The zero-order chi connectivity index (χ0) is 12.3. The Kier molecular flexibility index (Phi) is 3.76. The molecule has 94 valence electrons. The van der Waals surface area contributed by atoms with Gasteiger partial charge < -0.3 is 4.74 Å². The summed E-state index contributed by atoms with van der Waals surface area (Å²) in [6, 6.07) is 8.62. The zero-order valence-corrected chi connectivity index (χ0v) is 11.3. The fraction of sp³-hybridized carbons (Fsp3) is 0.625. The maximum absolute atomic E-state index is 6.03. The average molecular weight is 232 g/mol. The van der Waals surface area contributed by atoms with E-state index in [1.807, 2.05) is 0 Å². The molecule has 1 aliphatic carbocycles. The van der Waals surface area contributed by atoms with Gasteiger partial charge in [-0.25, -0.2) is 0 Å². The summed E-state index contributed by atoms with van der Waals surface area (Å²) in [5, 5.41) is 0. The molecule has 1 fully saturated rings. The van der Waals surface area contributed by atoms with Crippen LogP contribution < -0.4 is 4.74 Å². The molecule has 0 radical (unpaired) electrons. The SMILES string of the molecule is CC(C)(C)Cc1cccc(OC2CCCC2)c1. The van der Waals surface area contributed by atoms with Crippen LogP contribution >= 0.6 is 0 Å². The second-order valence-corrected chi connectivity index (χ2v) is 6.41. The van der Waals surface area contributed by atoms with E-state index in [4.69, 9.17) is 4.74 Å². The monoisotopic (exact) mass is 232 g/mol. The van der Waals surface area contributed by atoms with Crippen molar-refractivity contribution in [3.05, 3.63) is 29.8 Å². The standard InChI is InChI=1S/C16H24O/c1-16(2,3)12-13-7-6-10-15(11-13)17-14-8-4-5-9-14/h6-7,10-11,14H,4-5,8-9,12H2,1-3H3. The van der Waals surface area contributed by atoms with Crippen LogP contribution in [0, 0.1) is 5.41 Å². The minimum absolute atomic E-state index is 0.339. The zero-order valence-electron chi connectivity index (χ0n) is 11.3. The second kappa shape index (κ2) is 5.12. The van der Waals surface area contributed by atoms with E-state index in [9.17, 15) is 0 Å². The number of benzene rings is 1. The predicted octanol–water partition coefficient (Wildman–Crippen LogP) is 4.60. The molecular weight excluding hydrogens is 208 g/mol. The Morgan fingerprint density at radius 3 is 2.53 bits per heavy atom. The number of rotatable bonds is 3. The minimum atomic E-state index is 0.339. The van der Waals surface area contributed by atoms with Crippen LogP contribution in [0.2, 0.25) is 0 Å². The van der Waals surface area contributed by atoms with Crippen molar-refractivity contribution in [3.63, 3.8) is 0 Å². The van der Waals surface area contributed by atoms with E-state index in [1.54, 1.807) is 0 Å². The van der Waals surface area contributed by atoms with Gasteiger partial charge in [0.1, 0.15) is 5.75 Å². The lowest BCUT2D eigenvalue weighted by Gasteiger charge is -2.19. The topological polar surface area (TPSA) is 9.23 Å². The van der Waals surface area contributed by atoms with E-state index in [1.165, 1.54) is 31.2 Å². The molecule has 0 spiro atoms. The molecule has 0 aromatic heterocycles. The highest BCUT2D eigenvalue weighted by molar-refractivity contribution is 5.29. The molecule has 1 aromatic rings. The van der Waals surface area contributed by atoms with Crippen LogP contribution in [0.1, 0.15) is 52.0 Å². The highest BCUT2D eigenvalue weighted by Crippen LogP contribution is 2.27. The Hall–Kier alpha value is -0.980. The maximum Gasteiger partial charge on any atom is 0.119 e. The first-order chi connectivity index (χ1) is 8.03. The fourth-order valence-corrected chi connectivity index (χ4v) is 2.54. The molecule has 0 amide bonds.